The van der Waals surface area contributed by atoms with Gasteiger partial charge in [0.05, 0.1) is 10.0 Å². The van der Waals surface area contributed by atoms with E-state index in [0.29, 0.717) is 27.3 Å². The molecule has 0 aliphatic heterocycles. The van der Waals surface area contributed by atoms with Gasteiger partial charge < -0.3 is 4.74 Å². The first-order chi connectivity index (χ1) is 13.7. The number of carbonyl (C=O) groups is 1. The maximum atomic E-state index is 12.2. The molecule has 0 bridgehead atoms. The van der Waals surface area contributed by atoms with E-state index in [1.807, 2.05) is 36.4 Å². The van der Waals surface area contributed by atoms with Gasteiger partial charge in [0.1, 0.15) is 5.75 Å². The fraction of sp³-hybridized carbons (Fsp3) is 0.273. The van der Waals surface area contributed by atoms with E-state index in [4.69, 9.17) is 27.9 Å². The quantitative estimate of drug-likeness (QED) is 0.477. The van der Waals surface area contributed by atoms with Crippen molar-refractivity contribution >= 4 is 45.6 Å². The minimum Gasteiger partial charge on any atom is -0.484 e. The summed E-state index contributed by atoms with van der Waals surface area (Å²) >= 11 is 13.4. The van der Waals surface area contributed by atoms with Gasteiger partial charge in [-0.2, -0.15) is 0 Å². The van der Waals surface area contributed by atoms with E-state index < -0.39 is 0 Å². The van der Waals surface area contributed by atoms with Crippen LogP contribution in [0.1, 0.15) is 36.8 Å². The lowest BCUT2D eigenvalue weighted by atomic mass is 9.87. The van der Waals surface area contributed by atoms with Crippen molar-refractivity contribution in [2.24, 2.45) is 0 Å². The lowest BCUT2D eigenvalue weighted by molar-refractivity contribution is -0.118. The number of hydrogen-bond acceptors (Lipinski definition) is 4. The molecule has 0 aliphatic carbocycles. The Hall–Kier alpha value is -2.08. The number of nitrogens with zero attached hydrogens (tertiary/aromatic N) is 1. The summed E-state index contributed by atoms with van der Waals surface area (Å²) in [5.41, 5.74) is 2.32. The third kappa shape index (κ3) is 6.20. The lowest BCUT2D eigenvalue weighted by Gasteiger charge is -2.19. The summed E-state index contributed by atoms with van der Waals surface area (Å²) in [7, 11) is 0. The molecule has 1 amide bonds. The standard InChI is InChI=1S/C22H22Cl2N2O2S/c1-22(2,3)15-5-7-16(8-6-15)28-13-20(27)26-21-25-12-17(29-21)10-14-4-9-18(23)19(24)11-14/h4-9,11-12H,10,13H2,1-3H3,(H,25,26,27). The Morgan fingerprint density at radius 1 is 1.10 bits per heavy atom. The highest BCUT2D eigenvalue weighted by Crippen LogP contribution is 2.27. The van der Waals surface area contributed by atoms with Crippen LogP contribution in [0.3, 0.4) is 0 Å². The van der Waals surface area contributed by atoms with Crippen LogP contribution in [0.4, 0.5) is 5.13 Å². The van der Waals surface area contributed by atoms with E-state index in [9.17, 15) is 4.79 Å². The van der Waals surface area contributed by atoms with Crippen LogP contribution in [-0.4, -0.2) is 17.5 Å². The van der Waals surface area contributed by atoms with E-state index in [0.717, 1.165) is 10.4 Å². The van der Waals surface area contributed by atoms with Crippen LogP contribution in [0, 0.1) is 0 Å². The van der Waals surface area contributed by atoms with E-state index in [-0.39, 0.29) is 17.9 Å². The number of benzene rings is 2. The average Bonchev–Trinajstić information content (AvgIpc) is 3.09. The van der Waals surface area contributed by atoms with Crippen molar-refractivity contribution in [3.8, 4) is 5.75 Å². The second kappa shape index (κ2) is 9.16. The highest BCUT2D eigenvalue weighted by atomic mass is 35.5. The third-order valence-corrected chi connectivity index (χ3v) is 5.90. The summed E-state index contributed by atoms with van der Waals surface area (Å²) in [4.78, 5) is 17.4. The molecule has 0 aliphatic rings. The van der Waals surface area contributed by atoms with Crippen LogP contribution in [-0.2, 0) is 16.6 Å². The molecule has 2 aromatic carbocycles. The maximum Gasteiger partial charge on any atom is 0.264 e. The van der Waals surface area contributed by atoms with Crippen molar-refractivity contribution in [2.45, 2.75) is 32.6 Å². The fourth-order valence-corrected chi connectivity index (χ4v) is 3.84. The fourth-order valence-electron chi connectivity index (χ4n) is 2.65. The number of thiazole rings is 1. The minimum absolute atomic E-state index is 0.0728. The second-order valence-corrected chi connectivity index (χ2v) is 9.60. The van der Waals surface area contributed by atoms with E-state index in [2.05, 4.69) is 31.1 Å². The summed E-state index contributed by atoms with van der Waals surface area (Å²) < 4.78 is 5.57. The highest BCUT2D eigenvalue weighted by molar-refractivity contribution is 7.15. The first kappa shape index (κ1) is 21.6. The first-order valence-electron chi connectivity index (χ1n) is 9.12. The summed E-state index contributed by atoms with van der Waals surface area (Å²) in [5.74, 6) is 0.410. The smallest absolute Gasteiger partial charge is 0.264 e. The molecular formula is C22H22Cl2N2O2S. The van der Waals surface area contributed by atoms with Gasteiger partial charge in [0.2, 0.25) is 0 Å². The molecule has 0 fully saturated rings. The number of nitrogens with one attached hydrogen (secondary N) is 1. The molecule has 0 radical (unpaired) electrons. The maximum absolute atomic E-state index is 12.2. The summed E-state index contributed by atoms with van der Waals surface area (Å²) in [5, 5.41) is 4.36. The average molecular weight is 449 g/mol. The van der Waals surface area contributed by atoms with Crippen LogP contribution < -0.4 is 10.1 Å². The Morgan fingerprint density at radius 2 is 1.83 bits per heavy atom. The molecule has 0 spiro atoms. The second-order valence-electron chi connectivity index (χ2n) is 7.67. The van der Waals surface area contributed by atoms with Gasteiger partial charge in [0.25, 0.3) is 5.91 Å². The number of carbonyl (C=O) groups excluding carboxylic acids is 1. The van der Waals surface area contributed by atoms with Crippen LogP contribution in [0.2, 0.25) is 10.0 Å². The molecule has 0 saturated carbocycles. The molecule has 3 aromatic rings. The van der Waals surface area contributed by atoms with Crippen LogP contribution in [0.15, 0.2) is 48.7 Å². The van der Waals surface area contributed by atoms with Crippen LogP contribution in [0.25, 0.3) is 0 Å². The Balaban J connectivity index is 1.51. The zero-order valence-electron chi connectivity index (χ0n) is 16.5. The van der Waals surface area contributed by atoms with E-state index in [1.54, 1.807) is 12.3 Å². The van der Waals surface area contributed by atoms with Gasteiger partial charge in [0.15, 0.2) is 11.7 Å². The van der Waals surface area contributed by atoms with Crippen LogP contribution >= 0.6 is 34.5 Å². The van der Waals surface area contributed by atoms with Gasteiger partial charge in [-0.3, -0.25) is 10.1 Å². The molecule has 3 rings (SSSR count). The molecule has 1 N–H and O–H groups in total. The zero-order valence-corrected chi connectivity index (χ0v) is 18.8. The van der Waals surface area contributed by atoms with Gasteiger partial charge in [-0.25, -0.2) is 4.98 Å². The zero-order chi connectivity index (χ0) is 21.0. The van der Waals surface area contributed by atoms with E-state index in [1.165, 1.54) is 16.9 Å². The van der Waals surface area contributed by atoms with Crippen molar-refractivity contribution in [1.29, 1.82) is 0 Å². The normalized spacial score (nSPS) is 11.3. The molecule has 7 heteroatoms. The Labute approximate surface area is 184 Å². The molecule has 0 unspecified atom stereocenters. The molecule has 29 heavy (non-hydrogen) atoms. The van der Waals surface area contributed by atoms with Gasteiger partial charge in [0, 0.05) is 17.5 Å². The van der Waals surface area contributed by atoms with Crippen molar-refractivity contribution in [2.75, 3.05) is 11.9 Å². The molecule has 4 nitrogen and oxygen atoms in total. The Bertz CT molecular complexity index is 995. The predicted octanol–water partition coefficient (Wildman–Crippen LogP) is 6.36. The topological polar surface area (TPSA) is 51.2 Å². The van der Waals surface area contributed by atoms with Crippen molar-refractivity contribution in [3.05, 3.63) is 74.7 Å². The predicted molar refractivity (Wildman–Crippen MR) is 121 cm³/mol. The lowest BCUT2D eigenvalue weighted by Crippen LogP contribution is -2.20. The van der Waals surface area contributed by atoms with Gasteiger partial charge >= 0.3 is 0 Å². The van der Waals surface area contributed by atoms with Crippen molar-refractivity contribution in [3.63, 3.8) is 0 Å². The van der Waals surface area contributed by atoms with E-state index >= 15 is 0 Å². The molecule has 152 valence electrons. The third-order valence-electron chi connectivity index (χ3n) is 4.25. The summed E-state index contributed by atoms with van der Waals surface area (Å²) in [6.45, 7) is 6.39. The van der Waals surface area contributed by atoms with Crippen molar-refractivity contribution < 1.29 is 9.53 Å². The number of amides is 1. The molecule has 1 heterocycles. The minimum atomic E-state index is -0.250. The highest BCUT2D eigenvalue weighted by Gasteiger charge is 2.13. The van der Waals surface area contributed by atoms with Gasteiger partial charge in [-0.1, -0.05) is 62.2 Å². The molecule has 0 atom stereocenters. The molecule has 0 saturated heterocycles. The van der Waals surface area contributed by atoms with Gasteiger partial charge in [-0.05, 0) is 40.8 Å². The monoisotopic (exact) mass is 448 g/mol. The Kier molecular flexibility index (Phi) is 6.83. The number of hydrogen-bond donors (Lipinski definition) is 1. The summed E-state index contributed by atoms with van der Waals surface area (Å²) in [6.07, 6.45) is 2.41. The summed E-state index contributed by atoms with van der Waals surface area (Å²) in [6, 6.07) is 13.3. The number of ether oxygens (including phenoxy) is 1. The molecule has 1 aromatic heterocycles. The largest absolute Gasteiger partial charge is 0.484 e. The SMILES string of the molecule is CC(C)(C)c1ccc(OCC(=O)Nc2ncc(Cc3ccc(Cl)c(Cl)c3)s2)cc1. The first-order valence-corrected chi connectivity index (χ1v) is 10.7. The van der Waals surface area contributed by atoms with Crippen molar-refractivity contribution in [1.82, 2.24) is 4.98 Å². The number of rotatable bonds is 6. The Morgan fingerprint density at radius 3 is 2.48 bits per heavy atom. The van der Waals surface area contributed by atoms with Gasteiger partial charge in [-0.15, -0.1) is 11.3 Å². The van der Waals surface area contributed by atoms with Crippen LogP contribution in [0.5, 0.6) is 5.75 Å². The number of anilines is 1. The molecular weight excluding hydrogens is 427 g/mol. The number of halogens is 2. The number of aromatic nitrogens is 1.